The number of hydrogen-bond donors (Lipinski definition) is 0. The Morgan fingerprint density at radius 1 is 1.10 bits per heavy atom. The van der Waals surface area contributed by atoms with E-state index < -0.39 is 9.84 Å². The topological polar surface area (TPSA) is 66.8 Å². The zero-order valence-electron chi connectivity index (χ0n) is 15.7. The Morgan fingerprint density at radius 2 is 1.83 bits per heavy atom. The highest BCUT2D eigenvalue weighted by Gasteiger charge is 2.48. The third-order valence-corrected chi connectivity index (χ3v) is 8.80. The van der Waals surface area contributed by atoms with Gasteiger partial charge in [-0.25, -0.2) is 8.42 Å². The molecule has 8 heteroatoms. The van der Waals surface area contributed by atoms with E-state index in [1.807, 2.05) is 53.4 Å². The smallest absolute Gasteiger partial charge is 0.252 e. The first kappa shape index (κ1) is 20.4. The van der Waals surface area contributed by atoms with Gasteiger partial charge in [0.25, 0.3) is 5.91 Å². The molecule has 2 fully saturated rings. The van der Waals surface area contributed by atoms with Crippen LogP contribution in [-0.4, -0.2) is 53.7 Å². The van der Waals surface area contributed by atoms with Crippen LogP contribution in [-0.2, 0) is 27.5 Å². The van der Waals surface area contributed by atoms with Gasteiger partial charge in [-0.15, -0.1) is 0 Å². The van der Waals surface area contributed by atoms with Crippen LogP contribution in [0.15, 0.2) is 59.6 Å². The molecule has 4 rings (SSSR count). The van der Waals surface area contributed by atoms with Crippen molar-refractivity contribution < 1.29 is 13.2 Å². The molecule has 2 aromatic rings. The summed E-state index contributed by atoms with van der Waals surface area (Å²) in [5.74, 6) is -0.00727. The summed E-state index contributed by atoms with van der Waals surface area (Å²) in [4.78, 5) is 18.9. The summed E-state index contributed by atoms with van der Waals surface area (Å²) in [7, 11) is -3.05. The van der Waals surface area contributed by atoms with E-state index in [1.54, 1.807) is 6.07 Å². The number of hydrogen-bond acceptors (Lipinski definition) is 4. The second kappa shape index (κ2) is 8.50. The zero-order valence-corrected chi connectivity index (χ0v) is 18.1. The fourth-order valence-corrected chi connectivity index (χ4v) is 7.94. The largest absolute Gasteiger partial charge is 0.346 e. The lowest BCUT2D eigenvalue weighted by atomic mass is 10.1. The molecule has 2 heterocycles. The summed E-state index contributed by atoms with van der Waals surface area (Å²) in [6.07, 6.45) is 0.895. The molecule has 0 aliphatic carbocycles. The number of thioether (sulfide) groups is 1. The average molecular weight is 449 g/mol. The standard InChI is InChI=1S/C21H21ClN2O3S2/c22-17-9-5-4-8-16(17)12-20(25)23-21-24(11-10-15-6-2-1-3-7-15)18-13-29(26,27)14-19(18)28-21/h1-9,18-19H,10-14H2. The van der Waals surface area contributed by atoms with E-state index in [1.165, 1.54) is 17.3 Å². The molecule has 2 unspecified atom stereocenters. The van der Waals surface area contributed by atoms with Gasteiger partial charge in [0.2, 0.25) is 0 Å². The molecular weight excluding hydrogens is 428 g/mol. The lowest BCUT2D eigenvalue weighted by Gasteiger charge is -2.24. The Hall–Kier alpha value is -1.83. The van der Waals surface area contributed by atoms with Crippen molar-refractivity contribution in [2.24, 2.45) is 4.99 Å². The first-order chi connectivity index (χ1) is 13.9. The van der Waals surface area contributed by atoms with Crippen LogP contribution < -0.4 is 0 Å². The molecule has 0 spiro atoms. The first-order valence-corrected chi connectivity index (χ1v) is 12.5. The molecule has 0 bridgehead atoms. The maximum atomic E-state index is 12.6. The molecule has 0 aromatic heterocycles. The molecule has 29 heavy (non-hydrogen) atoms. The van der Waals surface area contributed by atoms with Gasteiger partial charge in [-0.3, -0.25) is 4.79 Å². The molecule has 0 radical (unpaired) electrons. The first-order valence-electron chi connectivity index (χ1n) is 9.44. The fourth-order valence-electron chi connectivity index (χ4n) is 3.74. The summed E-state index contributed by atoms with van der Waals surface area (Å²) in [6.45, 7) is 0.631. The number of halogens is 1. The lowest BCUT2D eigenvalue weighted by molar-refractivity contribution is -0.117. The van der Waals surface area contributed by atoms with E-state index in [4.69, 9.17) is 11.6 Å². The van der Waals surface area contributed by atoms with Crippen molar-refractivity contribution in [3.63, 3.8) is 0 Å². The van der Waals surface area contributed by atoms with E-state index in [0.717, 1.165) is 12.0 Å². The normalized spacial score (nSPS) is 24.0. The molecule has 2 aromatic carbocycles. The van der Waals surface area contributed by atoms with Crippen LogP contribution in [0.1, 0.15) is 11.1 Å². The maximum Gasteiger partial charge on any atom is 0.252 e. The van der Waals surface area contributed by atoms with E-state index in [-0.39, 0.29) is 35.1 Å². The van der Waals surface area contributed by atoms with Gasteiger partial charge in [-0.1, -0.05) is 71.9 Å². The summed E-state index contributed by atoms with van der Waals surface area (Å²) in [5, 5.41) is 1.11. The van der Waals surface area contributed by atoms with Gasteiger partial charge in [0.1, 0.15) is 0 Å². The van der Waals surface area contributed by atoms with Gasteiger partial charge in [0.05, 0.1) is 24.0 Å². The van der Waals surface area contributed by atoms with Crippen molar-refractivity contribution in [2.75, 3.05) is 18.1 Å². The van der Waals surface area contributed by atoms with Crippen LogP contribution in [0.3, 0.4) is 0 Å². The van der Waals surface area contributed by atoms with Gasteiger partial charge in [-0.2, -0.15) is 4.99 Å². The van der Waals surface area contributed by atoms with Crippen molar-refractivity contribution in [3.05, 3.63) is 70.7 Å². The maximum absolute atomic E-state index is 12.6. The van der Waals surface area contributed by atoms with Crippen LogP contribution in [0.4, 0.5) is 0 Å². The minimum atomic E-state index is -3.05. The van der Waals surface area contributed by atoms with Crippen LogP contribution in [0, 0.1) is 0 Å². The van der Waals surface area contributed by atoms with Gasteiger partial charge in [-0.05, 0) is 23.6 Å². The Morgan fingerprint density at radius 3 is 2.59 bits per heavy atom. The van der Waals surface area contributed by atoms with Crippen LogP contribution in [0.2, 0.25) is 5.02 Å². The van der Waals surface area contributed by atoms with Gasteiger partial charge >= 0.3 is 0 Å². The predicted octanol–water partition coefficient (Wildman–Crippen LogP) is 3.22. The third kappa shape index (κ3) is 4.85. The molecule has 1 amide bonds. The molecule has 2 aliphatic heterocycles. The number of carbonyl (C=O) groups excluding carboxylic acids is 1. The van der Waals surface area contributed by atoms with Gasteiger partial charge in [0.15, 0.2) is 15.0 Å². The highest BCUT2D eigenvalue weighted by Crippen LogP contribution is 2.38. The summed E-state index contributed by atoms with van der Waals surface area (Å²) in [6, 6.07) is 17.1. The number of fused-ring (bicyclic) bond motifs is 1. The second-order valence-corrected chi connectivity index (χ2v) is 11.1. The molecule has 5 nitrogen and oxygen atoms in total. The molecule has 2 aliphatic rings. The Balaban J connectivity index is 1.53. The minimum Gasteiger partial charge on any atom is -0.346 e. The highest BCUT2D eigenvalue weighted by atomic mass is 35.5. The molecule has 2 saturated heterocycles. The average Bonchev–Trinajstić information content (AvgIpc) is 3.14. The minimum absolute atomic E-state index is 0.0670. The van der Waals surface area contributed by atoms with Crippen molar-refractivity contribution >= 4 is 44.3 Å². The number of amides is 1. The van der Waals surface area contributed by atoms with E-state index in [2.05, 4.69) is 4.99 Å². The van der Waals surface area contributed by atoms with Crippen molar-refractivity contribution in [3.8, 4) is 0 Å². The Kier molecular flexibility index (Phi) is 5.99. The van der Waals surface area contributed by atoms with E-state index in [0.29, 0.717) is 16.7 Å². The monoisotopic (exact) mass is 448 g/mol. The van der Waals surface area contributed by atoms with Crippen LogP contribution in [0.5, 0.6) is 0 Å². The number of amidine groups is 1. The third-order valence-electron chi connectivity index (χ3n) is 5.18. The predicted molar refractivity (Wildman–Crippen MR) is 118 cm³/mol. The summed E-state index contributed by atoms with van der Waals surface area (Å²) < 4.78 is 24.2. The number of nitrogens with zero attached hydrogens (tertiary/aromatic N) is 2. The Labute approximate surface area is 180 Å². The number of aliphatic imine (C=N–C) groups is 1. The number of rotatable bonds is 5. The number of carbonyl (C=O) groups is 1. The van der Waals surface area contributed by atoms with Crippen LogP contribution in [0.25, 0.3) is 0 Å². The number of sulfone groups is 1. The molecule has 152 valence electrons. The second-order valence-electron chi connectivity index (χ2n) is 7.29. The van der Waals surface area contributed by atoms with Gasteiger partial charge < -0.3 is 4.90 Å². The molecule has 0 N–H and O–H groups in total. The highest BCUT2D eigenvalue weighted by molar-refractivity contribution is 8.15. The summed E-state index contributed by atoms with van der Waals surface area (Å²) >= 11 is 7.57. The van der Waals surface area contributed by atoms with Crippen LogP contribution >= 0.6 is 23.4 Å². The fraction of sp³-hybridized carbons (Fsp3) is 0.333. The summed E-state index contributed by atoms with van der Waals surface area (Å²) in [5.41, 5.74) is 1.91. The van der Waals surface area contributed by atoms with Crippen molar-refractivity contribution in [1.82, 2.24) is 4.90 Å². The molecular formula is C21H21ClN2O3S2. The van der Waals surface area contributed by atoms with Crippen molar-refractivity contribution in [1.29, 1.82) is 0 Å². The number of benzene rings is 2. The molecule has 2 atom stereocenters. The molecule has 0 saturated carbocycles. The SMILES string of the molecule is O=C(Cc1ccccc1Cl)N=C1SC2CS(=O)(=O)CC2N1CCc1ccccc1. The quantitative estimate of drug-likeness (QED) is 0.702. The van der Waals surface area contributed by atoms with E-state index in [9.17, 15) is 13.2 Å². The van der Waals surface area contributed by atoms with Crippen molar-refractivity contribution in [2.45, 2.75) is 24.1 Å². The van der Waals surface area contributed by atoms with Gasteiger partial charge in [0, 0.05) is 16.8 Å². The zero-order chi connectivity index (χ0) is 20.4. The Bertz CT molecular complexity index is 1040. The lowest BCUT2D eigenvalue weighted by Crippen LogP contribution is -2.39. The van der Waals surface area contributed by atoms with E-state index >= 15 is 0 Å².